The maximum Gasteiger partial charge on any atom is 0.136 e. The molecule has 1 heteroatoms. The fourth-order valence-corrected chi connectivity index (χ4v) is 2.73. The first-order valence-corrected chi connectivity index (χ1v) is 7.37. The zero-order valence-electron chi connectivity index (χ0n) is 12.4. The maximum atomic E-state index is 12.3. The summed E-state index contributed by atoms with van der Waals surface area (Å²) in [6.45, 7) is 11.2. The van der Waals surface area contributed by atoms with Gasteiger partial charge in [0, 0.05) is 12.3 Å². The van der Waals surface area contributed by atoms with Gasteiger partial charge in [-0.2, -0.15) is 0 Å². The SMILES string of the molecule is CCC1CCCC(C(=O)CC(C)C(C)(C)C)C1. The van der Waals surface area contributed by atoms with Gasteiger partial charge in [0.1, 0.15) is 5.78 Å². The van der Waals surface area contributed by atoms with Crippen molar-refractivity contribution >= 4 is 5.78 Å². The van der Waals surface area contributed by atoms with Gasteiger partial charge in [-0.3, -0.25) is 4.79 Å². The molecule has 1 saturated carbocycles. The Balaban J connectivity index is 2.47. The van der Waals surface area contributed by atoms with Crippen molar-refractivity contribution < 1.29 is 4.79 Å². The fourth-order valence-electron chi connectivity index (χ4n) is 2.73. The topological polar surface area (TPSA) is 17.1 Å². The van der Waals surface area contributed by atoms with Crippen molar-refractivity contribution in [1.29, 1.82) is 0 Å². The second-order valence-corrected chi connectivity index (χ2v) is 7.08. The van der Waals surface area contributed by atoms with Gasteiger partial charge in [-0.1, -0.05) is 53.9 Å². The van der Waals surface area contributed by atoms with Crippen LogP contribution in [0.1, 0.15) is 73.1 Å². The quantitative estimate of drug-likeness (QED) is 0.684. The van der Waals surface area contributed by atoms with E-state index < -0.39 is 0 Å². The van der Waals surface area contributed by atoms with Crippen LogP contribution in [0.3, 0.4) is 0 Å². The number of rotatable bonds is 4. The molecule has 1 nitrogen and oxygen atoms in total. The molecule has 1 rings (SSSR count). The molecule has 3 atom stereocenters. The lowest BCUT2D eigenvalue weighted by Gasteiger charge is -2.31. The van der Waals surface area contributed by atoms with E-state index in [9.17, 15) is 4.79 Å². The Morgan fingerprint density at radius 1 is 1.29 bits per heavy atom. The summed E-state index contributed by atoms with van der Waals surface area (Å²) in [4.78, 5) is 12.3. The molecule has 17 heavy (non-hydrogen) atoms. The van der Waals surface area contributed by atoms with E-state index in [0.717, 1.165) is 25.2 Å². The molecule has 3 unspecified atom stereocenters. The lowest BCUT2D eigenvalue weighted by Crippen LogP contribution is -2.27. The van der Waals surface area contributed by atoms with Crippen molar-refractivity contribution in [3.8, 4) is 0 Å². The molecule has 0 aromatic heterocycles. The van der Waals surface area contributed by atoms with Gasteiger partial charge in [0.25, 0.3) is 0 Å². The second kappa shape index (κ2) is 6.02. The molecule has 0 radical (unpaired) electrons. The highest BCUT2D eigenvalue weighted by molar-refractivity contribution is 5.81. The standard InChI is InChI=1S/C16H30O/c1-6-13-8-7-9-14(11-13)15(17)10-12(2)16(3,4)5/h12-14H,6-11H2,1-5H3. The molecular weight excluding hydrogens is 208 g/mol. The van der Waals surface area contributed by atoms with Crippen molar-refractivity contribution in [2.24, 2.45) is 23.2 Å². The molecule has 0 N–H and O–H groups in total. The van der Waals surface area contributed by atoms with E-state index >= 15 is 0 Å². The van der Waals surface area contributed by atoms with Crippen LogP contribution in [0.2, 0.25) is 0 Å². The number of Topliss-reactive ketones (excluding diaryl/α,β-unsaturated/α-hetero) is 1. The van der Waals surface area contributed by atoms with E-state index in [1.807, 2.05) is 0 Å². The minimum Gasteiger partial charge on any atom is -0.299 e. The predicted octanol–water partition coefficient (Wildman–Crippen LogP) is 4.84. The zero-order valence-corrected chi connectivity index (χ0v) is 12.4. The summed E-state index contributed by atoms with van der Waals surface area (Å²) in [6.07, 6.45) is 6.94. The monoisotopic (exact) mass is 238 g/mol. The van der Waals surface area contributed by atoms with Crippen molar-refractivity contribution in [1.82, 2.24) is 0 Å². The van der Waals surface area contributed by atoms with Crippen LogP contribution in [0.4, 0.5) is 0 Å². The van der Waals surface area contributed by atoms with Crippen LogP contribution >= 0.6 is 0 Å². The second-order valence-electron chi connectivity index (χ2n) is 7.08. The molecule has 100 valence electrons. The molecule has 0 heterocycles. The van der Waals surface area contributed by atoms with Gasteiger partial charge in [-0.15, -0.1) is 0 Å². The molecule has 0 saturated heterocycles. The Bertz CT molecular complexity index is 249. The molecule has 0 spiro atoms. The Morgan fingerprint density at radius 3 is 2.47 bits per heavy atom. The van der Waals surface area contributed by atoms with E-state index in [0.29, 0.717) is 17.6 Å². The highest BCUT2D eigenvalue weighted by Crippen LogP contribution is 2.35. The predicted molar refractivity (Wildman–Crippen MR) is 74.0 cm³/mol. The molecule has 0 aliphatic heterocycles. The maximum absolute atomic E-state index is 12.3. The molecule has 0 bridgehead atoms. The Hall–Kier alpha value is -0.330. The molecule has 1 aliphatic carbocycles. The van der Waals surface area contributed by atoms with Crippen molar-refractivity contribution in [2.75, 3.05) is 0 Å². The number of carbonyl (C=O) groups excluding carboxylic acids is 1. The summed E-state index contributed by atoms with van der Waals surface area (Å²) in [5.74, 6) is 2.21. The minimum absolute atomic E-state index is 0.258. The zero-order chi connectivity index (χ0) is 13.1. The number of hydrogen-bond donors (Lipinski definition) is 0. The smallest absolute Gasteiger partial charge is 0.136 e. The third kappa shape index (κ3) is 4.44. The number of ketones is 1. The molecule has 1 fully saturated rings. The van der Waals surface area contributed by atoms with Gasteiger partial charge >= 0.3 is 0 Å². The van der Waals surface area contributed by atoms with Crippen molar-refractivity contribution in [3.05, 3.63) is 0 Å². The average Bonchev–Trinajstić information content (AvgIpc) is 2.27. The highest BCUT2D eigenvalue weighted by atomic mass is 16.1. The normalized spacial score (nSPS) is 27.8. The Labute approximate surface area is 107 Å². The van der Waals surface area contributed by atoms with Crippen LogP contribution in [0.5, 0.6) is 0 Å². The van der Waals surface area contributed by atoms with Crippen LogP contribution < -0.4 is 0 Å². The first-order chi connectivity index (χ1) is 7.84. The van der Waals surface area contributed by atoms with Crippen LogP contribution in [-0.4, -0.2) is 5.78 Å². The van der Waals surface area contributed by atoms with Gasteiger partial charge in [-0.25, -0.2) is 0 Å². The van der Waals surface area contributed by atoms with Crippen molar-refractivity contribution in [2.45, 2.75) is 73.1 Å². The summed E-state index contributed by atoms with van der Waals surface area (Å²) in [6, 6.07) is 0. The van der Waals surface area contributed by atoms with Gasteiger partial charge in [0.15, 0.2) is 0 Å². The van der Waals surface area contributed by atoms with E-state index in [2.05, 4.69) is 34.6 Å². The average molecular weight is 238 g/mol. The summed E-state index contributed by atoms with van der Waals surface area (Å²) >= 11 is 0. The van der Waals surface area contributed by atoms with E-state index in [1.54, 1.807) is 0 Å². The molecule has 0 aromatic carbocycles. The fraction of sp³-hybridized carbons (Fsp3) is 0.938. The van der Waals surface area contributed by atoms with Gasteiger partial charge in [-0.05, 0) is 30.1 Å². The largest absolute Gasteiger partial charge is 0.299 e. The van der Waals surface area contributed by atoms with Gasteiger partial charge in [0.05, 0.1) is 0 Å². The van der Waals surface area contributed by atoms with Crippen LogP contribution in [0, 0.1) is 23.2 Å². The van der Waals surface area contributed by atoms with Crippen molar-refractivity contribution in [3.63, 3.8) is 0 Å². The first kappa shape index (κ1) is 14.7. The minimum atomic E-state index is 0.258. The van der Waals surface area contributed by atoms with Crippen LogP contribution in [0.15, 0.2) is 0 Å². The first-order valence-electron chi connectivity index (χ1n) is 7.37. The summed E-state index contributed by atoms with van der Waals surface area (Å²) < 4.78 is 0. The van der Waals surface area contributed by atoms with Crippen LogP contribution in [0.25, 0.3) is 0 Å². The highest BCUT2D eigenvalue weighted by Gasteiger charge is 2.29. The van der Waals surface area contributed by atoms with E-state index in [4.69, 9.17) is 0 Å². The summed E-state index contributed by atoms with van der Waals surface area (Å²) in [5, 5.41) is 0. The third-order valence-electron chi connectivity index (χ3n) is 4.80. The Kier molecular flexibility index (Phi) is 5.22. The van der Waals surface area contributed by atoms with E-state index in [1.165, 1.54) is 19.3 Å². The van der Waals surface area contributed by atoms with Crippen LogP contribution in [-0.2, 0) is 4.79 Å². The van der Waals surface area contributed by atoms with Gasteiger partial charge < -0.3 is 0 Å². The Morgan fingerprint density at radius 2 is 1.94 bits per heavy atom. The van der Waals surface area contributed by atoms with Gasteiger partial charge in [0.2, 0.25) is 0 Å². The molecular formula is C16H30O. The summed E-state index contributed by atoms with van der Waals surface area (Å²) in [5.41, 5.74) is 0.258. The lowest BCUT2D eigenvalue weighted by molar-refractivity contribution is -0.125. The third-order valence-corrected chi connectivity index (χ3v) is 4.80. The summed E-state index contributed by atoms with van der Waals surface area (Å²) in [7, 11) is 0. The van der Waals surface area contributed by atoms with E-state index in [-0.39, 0.29) is 5.41 Å². The molecule has 1 aliphatic rings. The molecule has 0 amide bonds. The number of carbonyl (C=O) groups is 1. The lowest BCUT2D eigenvalue weighted by atomic mass is 9.73. The number of hydrogen-bond acceptors (Lipinski definition) is 1. The molecule has 0 aromatic rings.